The summed E-state index contributed by atoms with van der Waals surface area (Å²) in [6.07, 6.45) is 5.86. The highest BCUT2D eigenvalue weighted by Gasteiger charge is 2.58. The Bertz CT molecular complexity index is 716. The minimum absolute atomic E-state index is 0.00627. The first-order valence-electron chi connectivity index (χ1n) is 11.6. The molecule has 2 heterocycles. The van der Waals surface area contributed by atoms with Crippen molar-refractivity contribution in [3.05, 3.63) is 23.8 Å². The third kappa shape index (κ3) is 3.56. The SMILES string of the molecule is C=C1CCC2[C@](C)(CO)C(O)CC[C@]2(C)[C@H]1CC(C1=CCOC1=O)N1CCNCC1. The zero-order chi connectivity index (χ0) is 21.5. The molecule has 30 heavy (non-hydrogen) atoms. The maximum absolute atomic E-state index is 12.5. The molecule has 4 rings (SSSR count). The first kappa shape index (κ1) is 22.0. The lowest BCUT2D eigenvalue weighted by Gasteiger charge is -2.60. The normalized spacial score (nSPS) is 41.2. The summed E-state index contributed by atoms with van der Waals surface area (Å²) in [5, 5.41) is 24.4. The van der Waals surface area contributed by atoms with Crippen molar-refractivity contribution in [3.8, 4) is 0 Å². The smallest absolute Gasteiger partial charge is 0.335 e. The third-order valence-electron chi connectivity index (χ3n) is 8.86. The number of nitrogens with zero attached hydrogens (tertiary/aromatic N) is 1. The number of aliphatic hydroxyl groups is 2. The molecule has 3 N–H and O–H groups in total. The standard InChI is InChI=1S/C24H38N2O4/c1-16-4-5-20-23(2,8-6-21(28)24(20,3)15-27)18(16)14-19(17-7-13-30-22(17)29)26-11-9-25-10-12-26/h7,18-21,25,27-28H,1,4-6,8-15H2,2-3H3/t18-,19?,20?,21?,23+,24-/m0/s1. The van der Waals surface area contributed by atoms with Crippen LogP contribution in [0.15, 0.2) is 23.8 Å². The molecule has 3 unspecified atom stereocenters. The summed E-state index contributed by atoms with van der Waals surface area (Å²) in [7, 11) is 0. The van der Waals surface area contributed by atoms with Crippen LogP contribution in [0.5, 0.6) is 0 Å². The lowest BCUT2D eigenvalue weighted by molar-refractivity contribution is -0.154. The van der Waals surface area contributed by atoms with E-state index in [0.717, 1.165) is 57.4 Å². The van der Waals surface area contributed by atoms with E-state index >= 15 is 0 Å². The quantitative estimate of drug-likeness (QED) is 0.467. The molecule has 0 radical (unpaired) electrons. The summed E-state index contributed by atoms with van der Waals surface area (Å²) in [5.41, 5.74) is 1.54. The topological polar surface area (TPSA) is 82.0 Å². The molecule has 6 heteroatoms. The Hall–Kier alpha value is -1.21. The summed E-state index contributed by atoms with van der Waals surface area (Å²) in [4.78, 5) is 14.9. The number of nitrogens with one attached hydrogen (secondary N) is 1. The van der Waals surface area contributed by atoms with Gasteiger partial charge >= 0.3 is 5.97 Å². The van der Waals surface area contributed by atoms with Crippen LogP contribution in [0.1, 0.15) is 46.0 Å². The highest BCUT2D eigenvalue weighted by molar-refractivity contribution is 5.91. The summed E-state index contributed by atoms with van der Waals surface area (Å²) < 4.78 is 5.29. The number of carbonyl (C=O) groups is 1. The van der Waals surface area contributed by atoms with E-state index in [2.05, 4.69) is 30.6 Å². The van der Waals surface area contributed by atoms with Gasteiger partial charge in [0.1, 0.15) is 6.61 Å². The second-order valence-corrected chi connectivity index (χ2v) is 10.3. The molecule has 2 saturated carbocycles. The van der Waals surface area contributed by atoms with E-state index in [1.165, 1.54) is 5.57 Å². The number of allylic oxidation sites excluding steroid dienone is 1. The molecule has 0 bridgehead atoms. The zero-order valence-corrected chi connectivity index (χ0v) is 18.5. The van der Waals surface area contributed by atoms with E-state index in [4.69, 9.17) is 4.74 Å². The molecule has 1 saturated heterocycles. The first-order chi connectivity index (χ1) is 14.3. The summed E-state index contributed by atoms with van der Waals surface area (Å²) >= 11 is 0. The van der Waals surface area contributed by atoms with Crippen LogP contribution in [0.25, 0.3) is 0 Å². The Morgan fingerprint density at radius 3 is 2.70 bits per heavy atom. The van der Waals surface area contributed by atoms with Crippen molar-refractivity contribution in [2.75, 3.05) is 39.4 Å². The van der Waals surface area contributed by atoms with Gasteiger partial charge in [0.25, 0.3) is 0 Å². The largest absolute Gasteiger partial charge is 0.458 e. The van der Waals surface area contributed by atoms with Crippen LogP contribution < -0.4 is 5.32 Å². The predicted molar refractivity (Wildman–Crippen MR) is 116 cm³/mol. The molecule has 168 valence electrons. The van der Waals surface area contributed by atoms with Crippen LogP contribution in [-0.2, 0) is 9.53 Å². The molecule has 0 aromatic heterocycles. The van der Waals surface area contributed by atoms with Crippen molar-refractivity contribution >= 4 is 5.97 Å². The lowest BCUT2D eigenvalue weighted by atomic mass is 9.46. The number of fused-ring (bicyclic) bond motifs is 1. The van der Waals surface area contributed by atoms with E-state index < -0.39 is 11.5 Å². The van der Waals surface area contributed by atoms with E-state index in [9.17, 15) is 15.0 Å². The Morgan fingerprint density at radius 1 is 1.33 bits per heavy atom. The monoisotopic (exact) mass is 418 g/mol. The molecular weight excluding hydrogens is 380 g/mol. The van der Waals surface area contributed by atoms with E-state index in [1.54, 1.807) is 0 Å². The average Bonchev–Trinajstić information content (AvgIpc) is 3.17. The summed E-state index contributed by atoms with van der Waals surface area (Å²) in [6.45, 7) is 12.9. The van der Waals surface area contributed by atoms with Gasteiger partial charge in [-0.1, -0.05) is 26.0 Å². The maximum atomic E-state index is 12.5. The van der Waals surface area contributed by atoms with Crippen molar-refractivity contribution < 1.29 is 19.7 Å². The number of esters is 1. The highest BCUT2D eigenvalue weighted by Crippen LogP contribution is 2.62. The molecule has 0 aromatic rings. The molecular formula is C24H38N2O4. The molecule has 2 aliphatic heterocycles. The fraction of sp³-hybridized carbons (Fsp3) is 0.792. The number of aliphatic hydroxyl groups excluding tert-OH is 2. The zero-order valence-electron chi connectivity index (χ0n) is 18.5. The van der Waals surface area contributed by atoms with Crippen molar-refractivity contribution in [1.82, 2.24) is 10.2 Å². The van der Waals surface area contributed by atoms with Gasteiger partial charge in [-0.05, 0) is 55.4 Å². The highest BCUT2D eigenvalue weighted by atomic mass is 16.5. The number of piperazine rings is 1. The number of hydrogen-bond acceptors (Lipinski definition) is 6. The molecule has 0 spiro atoms. The van der Waals surface area contributed by atoms with Gasteiger partial charge in [-0.2, -0.15) is 0 Å². The molecule has 4 aliphatic rings. The van der Waals surface area contributed by atoms with Crippen LogP contribution in [0.2, 0.25) is 0 Å². The van der Waals surface area contributed by atoms with Crippen molar-refractivity contribution in [2.45, 2.75) is 58.1 Å². The maximum Gasteiger partial charge on any atom is 0.335 e. The van der Waals surface area contributed by atoms with Gasteiger partial charge in [-0.25, -0.2) is 4.79 Å². The Labute approximate surface area is 180 Å². The minimum atomic E-state index is -0.484. The van der Waals surface area contributed by atoms with E-state index in [1.807, 2.05) is 6.08 Å². The van der Waals surface area contributed by atoms with Crippen LogP contribution in [0.4, 0.5) is 0 Å². The number of carbonyl (C=O) groups excluding carboxylic acids is 1. The predicted octanol–water partition coefficient (Wildman–Crippen LogP) is 1.88. The summed E-state index contributed by atoms with van der Waals surface area (Å²) in [5.74, 6) is 0.312. The van der Waals surface area contributed by atoms with Gasteiger partial charge in [0.15, 0.2) is 0 Å². The van der Waals surface area contributed by atoms with Crippen molar-refractivity contribution in [2.24, 2.45) is 22.7 Å². The van der Waals surface area contributed by atoms with Gasteiger partial charge in [0, 0.05) is 37.6 Å². The van der Waals surface area contributed by atoms with Gasteiger partial charge in [-0.3, -0.25) is 4.90 Å². The number of cyclic esters (lactones) is 1. The lowest BCUT2D eigenvalue weighted by Crippen LogP contribution is -2.58. The fourth-order valence-corrected chi connectivity index (χ4v) is 6.97. The molecule has 6 nitrogen and oxygen atoms in total. The van der Waals surface area contributed by atoms with Crippen LogP contribution >= 0.6 is 0 Å². The molecule has 0 amide bonds. The molecule has 6 atom stereocenters. The van der Waals surface area contributed by atoms with Gasteiger partial charge in [0.05, 0.1) is 18.3 Å². The number of hydrogen-bond donors (Lipinski definition) is 3. The third-order valence-corrected chi connectivity index (χ3v) is 8.86. The Morgan fingerprint density at radius 2 is 2.07 bits per heavy atom. The summed E-state index contributed by atoms with van der Waals surface area (Å²) in [6, 6.07) is 0.0339. The van der Waals surface area contributed by atoms with Crippen LogP contribution in [0, 0.1) is 22.7 Å². The van der Waals surface area contributed by atoms with Crippen LogP contribution in [0.3, 0.4) is 0 Å². The molecule has 3 fully saturated rings. The second kappa shape index (κ2) is 8.38. The second-order valence-electron chi connectivity index (χ2n) is 10.3. The van der Waals surface area contributed by atoms with Gasteiger partial charge < -0.3 is 20.3 Å². The Balaban J connectivity index is 1.66. The average molecular weight is 419 g/mol. The van der Waals surface area contributed by atoms with Gasteiger partial charge in [0.2, 0.25) is 0 Å². The van der Waals surface area contributed by atoms with E-state index in [0.29, 0.717) is 13.0 Å². The van der Waals surface area contributed by atoms with E-state index in [-0.39, 0.29) is 35.9 Å². The Kier molecular flexibility index (Phi) is 6.14. The van der Waals surface area contributed by atoms with Crippen molar-refractivity contribution in [1.29, 1.82) is 0 Å². The van der Waals surface area contributed by atoms with Gasteiger partial charge in [-0.15, -0.1) is 0 Å². The van der Waals surface area contributed by atoms with Crippen LogP contribution in [-0.4, -0.2) is 72.6 Å². The molecule has 2 aliphatic carbocycles. The van der Waals surface area contributed by atoms with Crippen molar-refractivity contribution in [3.63, 3.8) is 0 Å². The number of ether oxygens (including phenoxy) is 1. The first-order valence-corrected chi connectivity index (χ1v) is 11.6. The fourth-order valence-electron chi connectivity index (χ4n) is 6.97. The molecule has 0 aromatic carbocycles. The number of rotatable bonds is 5. The minimum Gasteiger partial charge on any atom is -0.458 e.